The number of hydrogen-bond acceptors (Lipinski definition) is 4. The molecule has 3 rings (SSSR count). The number of aromatic nitrogens is 4. The van der Waals surface area contributed by atoms with Gasteiger partial charge in [0.1, 0.15) is 5.69 Å². The van der Waals surface area contributed by atoms with E-state index in [4.69, 9.17) is 4.98 Å². The van der Waals surface area contributed by atoms with Crippen LogP contribution in [0.4, 0.5) is 0 Å². The van der Waals surface area contributed by atoms with Crippen LogP contribution in [0.25, 0.3) is 11.4 Å². The Kier molecular flexibility index (Phi) is 5.06. The van der Waals surface area contributed by atoms with E-state index in [1.807, 2.05) is 29.3 Å². The molecule has 0 amide bonds. The van der Waals surface area contributed by atoms with Crippen LogP contribution in [-0.2, 0) is 13.0 Å². The Bertz CT molecular complexity index is 634. The van der Waals surface area contributed by atoms with Crippen molar-refractivity contribution in [2.45, 2.75) is 52.6 Å². The summed E-state index contributed by atoms with van der Waals surface area (Å²) in [4.78, 5) is 11.8. The lowest BCUT2D eigenvalue weighted by Gasteiger charge is -2.35. The van der Waals surface area contributed by atoms with E-state index in [1.54, 1.807) is 0 Å². The van der Waals surface area contributed by atoms with Crippen molar-refractivity contribution in [1.29, 1.82) is 0 Å². The van der Waals surface area contributed by atoms with Crippen molar-refractivity contribution < 1.29 is 0 Å². The minimum atomic E-state index is 0.633. The van der Waals surface area contributed by atoms with E-state index in [0.29, 0.717) is 12.0 Å². The molecule has 1 fully saturated rings. The van der Waals surface area contributed by atoms with Crippen LogP contribution in [0.5, 0.6) is 0 Å². The number of nitrogens with zero attached hydrogens (tertiary/aromatic N) is 5. The first-order valence-corrected chi connectivity index (χ1v) is 8.74. The summed E-state index contributed by atoms with van der Waals surface area (Å²) in [6.07, 6.45) is 9.19. The molecule has 0 aromatic carbocycles. The Morgan fingerprint density at radius 3 is 2.96 bits per heavy atom. The minimum absolute atomic E-state index is 0.633. The van der Waals surface area contributed by atoms with Crippen LogP contribution in [0.3, 0.4) is 0 Å². The van der Waals surface area contributed by atoms with Gasteiger partial charge >= 0.3 is 0 Å². The second-order valence-electron chi connectivity index (χ2n) is 6.73. The van der Waals surface area contributed by atoms with Crippen LogP contribution >= 0.6 is 0 Å². The fraction of sp³-hybridized carbons (Fsp3) is 0.611. The predicted molar refractivity (Wildman–Crippen MR) is 92.1 cm³/mol. The van der Waals surface area contributed by atoms with Gasteiger partial charge in [-0.15, -0.1) is 0 Å². The molecule has 1 saturated heterocycles. The van der Waals surface area contributed by atoms with E-state index < -0.39 is 0 Å². The Morgan fingerprint density at radius 2 is 2.17 bits per heavy atom. The molecule has 0 aliphatic carbocycles. The molecule has 1 aliphatic rings. The average molecular weight is 313 g/mol. The van der Waals surface area contributed by atoms with E-state index >= 15 is 0 Å². The average Bonchev–Trinajstić information content (AvgIpc) is 3.04. The van der Waals surface area contributed by atoms with E-state index in [9.17, 15) is 0 Å². The minimum Gasteiger partial charge on any atom is -0.301 e. The third kappa shape index (κ3) is 3.78. The van der Waals surface area contributed by atoms with Gasteiger partial charge in [-0.2, -0.15) is 5.10 Å². The van der Waals surface area contributed by atoms with Gasteiger partial charge in [0.05, 0.1) is 17.6 Å². The van der Waals surface area contributed by atoms with Crippen molar-refractivity contribution in [2.75, 3.05) is 13.1 Å². The lowest BCUT2D eigenvalue weighted by atomic mass is 9.93. The maximum Gasteiger partial charge on any atom is 0.107 e. The van der Waals surface area contributed by atoms with Crippen LogP contribution in [0.1, 0.15) is 39.3 Å². The van der Waals surface area contributed by atoms with E-state index in [-0.39, 0.29) is 0 Å². The summed E-state index contributed by atoms with van der Waals surface area (Å²) in [5.74, 6) is 0.687. The molecule has 2 aromatic heterocycles. The van der Waals surface area contributed by atoms with Crippen LogP contribution < -0.4 is 0 Å². The molecular formula is C18H27N5. The molecule has 0 radical (unpaired) electrons. The molecule has 1 unspecified atom stereocenters. The standard InChI is InChI=1S/C18H27N5/c1-4-23-18(7-8-20-23)17-12-19-11-16(21-17)10-15-6-5-9-22(13-15)14(2)3/h7-8,11-12,14-15H,4-6,9-10,13H2,1-3H3. The van der Waals surface area contributed by atoms with Crippen molar-refractivity contribution >= 4 is 0 Å². The first-order chi connectivity index (χ1) is 11.2. The van der Waals surface area contributed by atoms with Crippen molar-refractivity contribution in [3.8, 4) is 11.4 Å². The number of likely N-dealkylation sites (tertiary alicyclic amines) is 1. The largest absolute Gasteiger partial charge is 0.301 e. The molecule has 23 heavy (non-hydrogen) atoms. The molecular weight excluding hydrogens is 286 g/mol. The number of hydrogen-bond donors (Lipinski definition) is 0. The zero-order valence-corrected chi connectivity index (χ0v) is 14.4. The number of rotatable bonds is 5. The summed E-state index contributed by atoms with van der Waals surface area (Å²) in [5, 5.41) is 4.33. The van der Waals surface area contributed by atoms with Crippen LogP contribution in [0.2, 0.25) is 0 Å². The summed E-state index contributed by atoms with van der Waals surface area (Å²) >= 11 is 0. The Labute approximate surface area is 138 Å². The molecule has 5 nitrogen and oxygen atoms in total. The first kappa shape index (κ1) is 16.1. The third-order valence-electron chi connectivity index (χ3n) is 4.74. The summed E-state index contributed by atoms with van der Waals surface area (Å²) in [5.41, 5.74) is 3.08. The van der Waals surface area contributed by atoms with Gasteiger partial charge in [-0.05, 0) is 58.6 Å². The van der Waals surface area contributed by atoms with Gasteiger partial charge in [-0.3, -0.25) is 9.67 Å². The summed E-state index contributed by atoms with van der Waals surface area (Å²) in [6, 6.07) is 2.65. The molecule has 2 aromatic rings. The Balaban J connectivity index is 1.73. The number of aryl methyl sites for hydroxylation is 1. The highest BCUT2D eigenvalue weighted by molar-refractivity contribution is 5.52. The maximum absolute atomic E-state index is 4.85. The van der Waals surface area contributed by atoms with Gasteiger partial charge in [0.15, 0.2) is 0 Å². The molecule has 1 atom stereocenters. The monoisotopic (exact) mass is 313 g/mol. The normalized spacial score (nSPS) is 19.4. The second-order valence-corrected chi connectivity index (χ2v) is 6.73. The molecule has 0 spiro atoms. The predicted octanol–water partition coefficient (Wildman–Crippen LogP) is 3.02. The highest BCUT2D eigenvalue weighted by atomic mass is 15.3. The van der Waals surface area contributed by atoms with Crippen molar-refractivity contribution in [1.82, 2.24) is 24.6 Å². The molecule has 0 saturated carbocycles. The lowest BCUT2D eigenvalue weighted by molar-refractivity contribution is 0.139. The quantitative estimate of drug-likeness (QED) is 0.851. The maximum atomic E-state index is 4.85. The summed E-state index contributed by atoms with van der Waals surface area (Å²) in [7, 11) is 0. The van der Waals surface area contributed by atoms with Gasteiger partial charge in [0, 0.05) is 31.5 Å². The SMILES string of the molecule is CCn1nccc1-c1cncc(CC2CCCN(C(C)C)C2)n1. The Morgan fingerprint density at radius 1 is 1.30 bits per heavy atom. The fourth-order valence-corrected chi connectivity index (χ4v) is 3.46. The third-order valence-corrected chi connectivity index (χ3v) is 4.74. The first-order valence-electron chi connectivity index (χ1n) is 8.74. The fourth-order valence-electron chi connectivity index (χ4n) is 3.46. The van der Waals surface area contributed by atoms with E-state index in [2.05, 4.69) is 35.8 Å². The second kappa shape index (κ2) is 7.21. The molecule has 124 valence electrons. The molecule has 3 heterocycles. The smallest absolute Gasteiger partial charge is 0.107 e. The zero-order valence-electron chi connectivity index (χ0n) is 14.4. The van der Waals surface area contributed by atoms with E-state index in [0.717, 1.165) is 30.0 Å². The molecule has 1 aliphatic heterocycles. The highest BCUT2D eigenvalue weighted by Crippen LogP contribution is 2.23. The topological polar surface area (TPSA) is 46.8 Å². The molecule has 5 heteroatoms. The molecule has 0 bridgehead atoms. The van der Waals surface area contributed by atoms with Crippen LogP contribution in [-0.4, -0.2) is 43.8 Å². The lowest BCUT2D eigenvalue weighted by Crippen LogP contribution is -2.40. The van der Waals surface area contributed by atoms with Gasteiger partial charge in [0.2, 0.25) is 0 Å². The molecule has 0 N–H and O–H groups in total. The van der Waals surface area contributed by atoms with Crippen LogP contribution in [0, 0.1) is 5.92 Å². The highest BCUT2D eigenvalue weighted by Gasteiger charge is 2.22. The van der Waals surface area contributed by atoms with E-state index in [1.165, 1.54) is 25.9 Å². The number of piperidine rings is 1. The van der Waals surface area contributed by atoms with Gasteiger partial charge in [-0.25, -0.2) is 4.98 Å². The van der Waals surface area contributed by atoms with Crippen LogP contribution in [0.15, 0.2) is 24.7 Å². The van der Waals surface area contributed by atoms with Crippen molar-refractivity contribution in [3.63, 3.8) is 0 Å². The van der Waals surface area contributed by atoms with Gasteiger partial charge in [-0.1, -0.05) is 0 Å². The summed E-state index contributed by atoms with van der Waals surface area (Å²) in [6.45, 7) is 9.92. The zero-order chi connectivity index (χ0) is 16.2. The van der Waals surface area contributed by atoms with Crippen molar-refractivity contribution in [2.24, 2.45) is 5.92 Å². The van der Waals surface area contributed by atoms with Gasteiger partial charge < -0.3 is 4.90 Å². The van der Waals surface area contributed by atoms with Crippen molar-refractivity contribution in [3.05, 3.63) is 30.4 Å². The summed E-state index contributed by atoms with van der Waals surface area (Å²) < 4.78 is 1.97. The Hall–Kier alpha value is -1.75. The van der Waals surface area contributed by atoms with Gasteiger partial charge in [0.25, 0.3) is 0 Å².